The molecule has 4 nitrogen and oxygen atoms in total. The van der Waals surface area contributed by atoms with E-state index in [9.17, 15) is 9.18 Å². The van der Waals surface area contributed by atoms with Crippen LogP contribution in [0, 0.1) is 19.7 Å². The van der Waals surface area contributed by atoms with Crippen LogP contribution in [0.4, 0.5) is 4.39 Å². The van der Waals surface area contributed by atoms with Crippen molar-refractivity contribution in [1.82, 2.24) is 9.47 Å². The summed E-state index contributed by atoms with van der Waals surface area (Å²) in [6.07, 6.45) is 2.02. The fraction of sp³-hybridized carbons (Fsp3) is 0.292. The minimum absolute atomic E-state index is 0.0130. The van der Waals surface area contributed by atoms with Crippen molar-refractivity contribution in [3.8, 4) is 11.1 Å². The third-order valence-electron chi connectivity index (χ3n) is 5.38. The van der Waals surface area contributed by atoms with E-state index < -0.39 is 0 Å². The Balaban J connectivity index is 1.79. The van der Waals surface area contributed by atoms with Crippen molar-refractivity contribution in [2.75, 3.05) is 26.3 Å². The lowest BCUT2D eigenvalue weighted by atomic mass is 10.0. The quantitative estimate of drug-likeness (QED) is 0.658. The highest BCUT2D eigenvalue weighted by atomic mass is 19.1. The summed E-state index contributed by atoms with van der Waals surface area (Å²) < 4.78 is 20.7. The molecule has 0 atom stereocenters. The van der Waals surface area contributed by atoms with E-state index in [0.29, 0.717) is 38.5 Å². The van der Waals surface area contributed by atoms with E-state index in [4.69, 9.17) is 4.74 Å². The lowest BCUT2D eigenvalue weighted by Gasteiger charge is -2.28. The number of nitrogens with zero attached hydrogens (tertiary/aromatic N) is 2. The first-order valence-electron chi connectivity index (χ1n) is 9.91. The lowest BCUT2D eigenvalue weighted by Crippen LogP contribution is -2.41. The Labute approximate surface area is 170 Å². The summed E-state index contributed by atoms with van der Waals surface area (Å²) in [6.45, 7) is 6.90. The van der Waals surface area contributed by atoms with Crippen LogP contribution in [0.2, 0.25) is 0 Å². The van der Waals surface area contributed by atoms with Gasteiger partial charge in [-0.1, -0.05) is 42.0 Å². The van der Waals surface area contributed by atoms with Gasteiger partial charge in [0.2, 0.25) is 0 Å². The maximum absolute atomic E-state index is 13.5. The number of amides is 1. The minimum Gasteiger partial charge on any atom is -0.378 e. The van der Waals surface area contributed by atoms with Crippen molar-refractivity contribution in [1.29, 1.82) is 0 Å². The van der Waals surface area contributed by atoms with Crippen molar-refractivity contribution in [3.63, 3.8) is 0 Å². The van der Waals surface area contributed by atoms with Crippen molar-refractivity contribution in [2.24, 2.45) is 0 Å². The van der Waals surface area contributed by atoms with Crippen molar-refractivity contribution >= 4 is 5.91 Å². The minimum atomic E-state index is -0.262. The summed E-state index contributed by atoms with van der Waals surface area (Å²) in [4.78, 5) is 15.4. The molecular weight excluding hydrogens is 367 g/mol. The average molecular weight is 392 g/mol. The van der Waals surface area contributed by atoms with Crippen molar-refractivity contribution < 1.29 is 13.9 Å². The molecule has 1 aliphatic heterocycles. The first kappa shape index (κ1) is 19.4. The Bertz CT molecular complexity index is 1000. The molecule has 0 spiro atoms. The predicted molar refractivity (Wildman–Crippen MR) is 112 cm³/mol. The molecular formula is C24H25FN2O2. The van der Waals surface area contributed by atoms with Gasteiger partial charge in [-0.05, 0) is 42.7 Å². The molecule has 4 rings (SSSR count). The maximum Gasteiger partial charge on any atom is 0.271 e. The molecule has 3 aromatic rings. The third-order valence-corrected chi connectivity index (χ3v) is 5.38. The molecule has 29 heavy (non-hydrogen) atoms. The van der Waals surface area contributed by atoms with E-state index in [-0.39, 0.29) is 11.7 Å². The summed E-state index contributed by atoms with van der Waals surface area (Å²) in [7, 11) is 0. The first-order chi connectivity index (χ1) is 14.0. The smallest absolute Gasteiger partial charge is 0.271 e. The molecule has 0 N–H and O–H groups in total. The van der Waals surface area contributed by atoms with Crippen LogP contribution in [0.1, 0.15) is 27.2 Å². The summed E-state index contributed by atoms with van der Waals surface area (Å²) in [5, 5.41) is 0. The number of aryl methyl sites for hydroxylation is 2. The molecule has 2 aromatic carbocycles. The summed E-state index contributed by atoms with van der Waals surface area (Å²) in [6, 6.07) is 14.7. The number of hydrogen-bond acceptors (Lipinski definition) is 2. The molecule has 150 valence electrons. The summed E-state index contributed by atoms with van der Waals surface area (Å²) in [5.41, 5.74) is 5.85. The number of aromatic nitrogens is 1. The Kier molecular flexibility index (Phi) is 5.49. The fourth-order valence-corrected chi connectivity index (χ4v) is 3.84. The van der Waals surface area contributed by atoms with Crippen LogP contribution in [0.3, 0.4) is 0 Å². The van der Waals surface area contributed by atoms with Crippen LogP contribution in [0.5, 0.6) is 0 Å². The standard InChI is InChI=1S/C24H25FN2O2/c1-17-3-7-20(8-4-17)22-18(2)15-27(16-19-5-9-21(25)10-6-19)23(22)24(28)26-11-13-29-14-12-26/h3-10,15H,11-14,16H2,1-2H3. The van der Waals surface area contributed by atoms with Gasteiger partial charge in [0.05, 0.1) is 13.2 Å². The number of ether oxygens (including phenoxy) is 1. The van der Waals surface area contributed by atoms with E-state index in [1.54, 1.807) is 12.1 Å². The zero-order chi connectivity index (χ0) is 20.4. The van der Waals surface area contributed by atoms with E-state index >= 15 is 0 Å². The highest BCUT2D eigenvalue weighted by Gasteiger charge is 2.27. The highest BCUT2D eigenvalue weighted by molar-refractivity contribution is 6.00. The first-order valence-corrected chi connectivity index (χ1v) is 9.91. The molecule has 1 amide bonds. The normalized spacial score (nSPS) is 14.2. The topological polar surface area (TPSA) is 34.5 Å². The van der Waals surface area contributed by atoms with Gasteiger partial charge < -0.3 is 14.2 Å². The molecule has 2 heterocycles. The van der Waals surface area contributed by atoms with Gasteiger partial charge in [-0.3, -0.25) is 4.79 Å². The van der Waals surface area contributed by atoms with Crippen LogP contribution >= 0.6 is 0 Å². The summed E-state index contributed by atoms with van der Waals surface area (Å²) in [5.74, 6) is -0.249. The maximum atomic E-state index is 13.5. The lowest BCUT2D eigenvalue weighted by molar-refractivity contribution is 0.0296. The molecule has 0 radical (unpaired) electrons. The largest absolute Gasteiger partial charge is 0.378 e. The third kappa shape index (κ3) is 4.10. The fourth-order valence-electron chi connectivity index (χ4n) is 3.84. The molecule has 1 fully saturated rings. The number of hydrogen-bond donors (Lipinski definition) is 0. The van der Waals surface area contributed by atoms with Gasteiger partial charge in [0.25, 0.3) is 5.91 Å². The summed E-state index contributed by atoms with van der Waals surface area (Å²) >= 11 is 0. The van der Waals surface area contributed by atoms with Crippen LogP contribution in [-0.4, -0.2) is 41.7 Å². The Morgan fingerprint density at radius 2 is 1.66 bits per heavy atom. The Morgan fingerprint density at radius 1 is 1.00 bits per heavy atom. The van der Waals surface area contributed by atoms with Gasteiger partial charge in [-0.25, -0.2) is 4.39 Å². The average Bonchev–Trinajstić information content (AvgIpc) is 3.06. The SMILES string of the molecule is Cc1ccc(-c2c(C)cn(Cc3ccc(F)cc3)c2C(=O)N2CCOCC2)cc1. The van der Waals surface area contributed by atoms with Gasteiger partial charge >= 0.3 is 0 Å². The molecule has 1 aromatic heterocycles. The van der Waals surface area contributed by atoms with Crippen LogP contribution in [0.25, 0.3) is 11.1 Å². The zero-order valence-electron chi connectivity index (χ0n) is 16.8. The molecule has 0 saturated carbocycles. The molecule has 0 aliphatic carbocycles. The second-order valence-corrected chi connectivity index (χ2v) is 7.56. The van der Waals surface area contributed by atoms with Gasteiger partial charge in [-0.2, -0.15) is 0 Å². The van der Waals surface area contributed by atoms with Crippen molar-refractivity contribution in [2.45, 2.75) is 20.4 Å². The number of morpholine rings is 1. The number of benzene rings is 2. The Morgan fingerprint density at radius 3 is 2.31 bits per heavy atom. The zero-order valence-corrected chi connectivity index (χ0v) is 16.8. The second-order valence-electron chi connectivity index (χ2n) is 7.56. The van der Waals surface area contributed by atoms with Crippen LogP contribution in [0.15, 0.2) is 54.7 Å². The molecule has 1 aliphatic rings. The van der Waals surface area contributed by atoms with Crippen LogP contribution < -0.4 is 0 Å². The van der Waals surface area contributed by atoms with Gasteiger partial charge in [0.1, 0.15) is 11.5 Å². The highest BCUT2D eigenvalue weighted by Crippen LogP contribution is 2.31. The monoisotopic (exact) mass is 392 g/mol. The number of halogens is 1. The number of carbonyl (C=O) groups is 1. The molecule has 0 bridgehead atoms. The van der Waals surface area contributed by atoms with Crippen LogP contribution in [-0.2, 0) is 11.3 Å². The van der Waals surface area contributed by atoms with Gasteiger partial charge in [0.15, 0.2) is 0 Å². The number of rotatable bonds is 4. The van der Waals surface area contributed by atoms with E-state index in [1.165, 1.54) is 17.7 Å². The van der Waals surface area contributed by atoms with E-state index in [0.717, 1.165) is 22.3 Å². The van der Waals surface area contributed by atoms with E-state index in [1.807, 2.05) is 22.6 Å². The van der Waals surface area contributed by atoms with Gasteiger partial charge in [-0.15, -0.1) is 0 Å². The van der Waals surface area contributed by atoms with E-state index in [2.05, 4.69) is 31.2 Å². The van der Waals surface area contributed by atoms with Crippen molar-refractivity contribution in [3.05, 3.63) is 82.9 Å². The Hall–Kier alpha value is -2.92. The number of carbonyl (C=O) groups excluding carboxylic acids is 1. The predicted octanol–water partition coefficient (Wildman–Crippen LogP) is 4.43. The van der Waals surface area contributed by atoms with Gasteiger partial charge in [0, 0.05) is 31.4 Å². The molecule has 0 unspecified atom stereocenters. The second kappa shape index (κ2) is 8.21. The molecule has 1 saturated heterocycles. The molecule has 5 heteroatoms.